The predicted molar refractivity (Wildman–Crippen MR) is 115 cm³/mol. The summed E-state index contributed by atoms with van der Waals surface area (Å²) < 4.78 is 0. The van der Waals surface area contributed by atoms with Gasteiger partial charge in [0.1, 0.15) is 0 Å². The van der Waals surface area contributed by atoms with Crippen LogP contribution in [0.5, 0.6) is 0 Å². The van der Waals surface area contributed by atoms with E-state index in [1.165, 1.54) is 12.1 Å². The fraction of sp³-hybridized carbons (Fsp3) is 0.333. The predicted octanol–water partition coefficient (Wildman–Crippen LogP) is 3.22. The first kappa shape index (κ1) is 21.1. The number of nitrogens with one attached hydrogen (secondary N) is 2. The summed E-state index contributed by atoms with van der Waals surface area (Å²) in [4.78, 5) is 39.0. The Balaban J connectivity index is 1.68. The van der Waals surface area contributed by atoms with E-state index in [9.17, 15) is 19.7 Å². The molecule has 0 aromatic heterocycles. The number of nitro benzene ring substituents is 1. The highest BCUT2D eigenvalue weighted by Crippen LogP contribution is 2.24. The molecule has 1 heterocycles. The molecule has 0 radical (unpaired) electrons. The second kappa shape index (κ2) is 9.25. The molecule has 0 bridgehead atoms. The van der Waals surface area contributed by atoms with Crippen molar-refractivity contribution >= 4 is 29.0 Å². The van der Waals surface area contributed by atoms with Crippen LogP contribution in [0.2, 0.25) is 0 Å². The molecule has 2 aromatic rings. The van der Waals surface area contributed by atoms with Crippen LogP contribution in [0.15, 0.2) is 42.5 Å². The minimum absolute atomic E-state index is 0.124. The van der Waals surface area contributed by atoms with Crippen LogP contribution in [0.1, 0.15) is 28.8 Å². The van der Waals surface area contributed by atoms with Gasteiger partial charge in [0.05, 0.1) is 10.5 Å². The number of likely N-dealkylation sites (tertiary alicyclic amines) is 1. The topological polar surface area (TPSA) is 108 Å². The Kier molecular flexibility index (Phi) is 6.51. The standard InChI is InChI=1S/C21H25N5O4/c1-24(2)19-9-8-17(26(29)30)13-18(19)20(27)22-14-15-6-5-7-16(12-15)23-21(28)25-10-3-4-11-25/h5-9,12-13H,3-4,10-11,14H2,1-2H3,(H,22,27)(H,23,28). The van der Waals surface area contributed by atoms with Crippen molar-refractivity contribution in [2.45, 2.75) is 19.4 Å². The Morgan fingerprint density at radius 1 is 1.13 bits per heavy atom. The van der Waals surface area contributed by atoms with Gasteiger partial charge in [-0.3, -0.25) is 14.9 Å². The van der Waals surface area contributed by atoms with E-state index in [1.54, 1.807) is 48.2 Å². The average molecular weight is 411 g/mol. The van der Waals surface area contributed by atoms with E-state index in [-0.39, 0.29) is 23.8 Å². The molecule has 3 amide bonds. The number of hydrogen-bond donors (Lipinski definition) is 2. The lowest BCUT2D eigenvalue weighted by atomic mass is 10.1. The summed E-state index contributed by atoms with van der Waals surface area (Å²) in [6.45, 7) is 1.75. The molecular weight excluding hydrogens is 386 g/mol. The highest BCUT2D eigenvalue weighted by atomic mass is 16.6. The molecule has 3 rings (SSSR count). The first-order chi connectivity index (χ1) is 14.3. The van der Waals surface area contributed by atoms with Crippen molar-refractivity contribution < 1.29 is 14.5 Å². The third-order valence-electron chi connectivity index (χ3n) is 4.94. The second-order valence-electron chi connectivity index (χ2n) is 7.36. The first-order valence-corrected chi connectivity index (χ1v) is 9.74. The number of urea groups is 1. The van der Waals surface area contributed by atoms with Gasteiger partial charge in [0.15, 0.2) is 0 Å². The number of anilines is 2. The molecule has 0 saturated carbocycles. The number of hydrogen-bond acceptors (Lipinski definition) is 5. The molecule has 1 fully saturated rings. The Labute approximate surface area is 174 Å². The lowest BCUT2D eigenvalue weighted by Crippen LogP contribution is -2.32. The summed E-state index contributed by atoms with van der Waals surface area (Å²) in [5, 5.41) is 16.8. The Morgan fingerprint density at radius 2 is 1.87 bits per heavy atom. The molecule has 0 unspecified atom stereocenters. The number of nitrogens with zero attached hydrogens (tertiary/aromatic N) is 3. The molecule has 2 aromatic carbocycles. The minimum Gasteiger partial charge on any atom is -0.377 e. The van der Waals surface area contributed by atoms with E-state index < -0.39 is 10.8 Å². The molecule has 30 heavy (non-hydrogen) atoms. The molecule has 9 heteroatoms. The van der Waals surface area contributed by atoms with Gasteiger partial charge >= 0.3 is 6.03 Å². The van der Waals surface area contributed by atoms with Gasteiger partial charge in [0.2, 0.25) is 0 Å². The lowest BCUT2D eigenvalue weighted by molar-refractivity contribution is -0.384. The van der Waals surface area contributed by atoms with Gasteiger partial charge in [-0.1, -0.05) is 12.1 Å². The van der Waals surface area contributed by atoms with E-state index >= 15 is 0 Å². The zero-order chi connectivity index (χ0) is 21.7. The van der Waals surface area contributed by atoms with Gasteiger partial charge in [0.25, 0.3) is 11.6 Å². The van der Waals surface area contributed by atoms with Crippen molar-refractivity contribution in [2.75, 3.05) is 37.4 Å². The Hall–Kier alpha value is -3.62. The number of carbonyl (C=O) groups excluding carboxylic acids is 2. The van der Waals surface area contributed by atoms with Crippen LogP contribution in [0.3, 0.4) is 0 Å². The zero-order valence-corrected chi connectivity index (χ0v) is 17.1. The number of carbonyl (C=O) groups is 2. The van der Waals surface area contributed by atoms with Crippen molar-refractivity contribution in [3.8, 4) is 0 Å². The van der Waals surface area contributed by atoms with Gasteiger partial charge in [-0.05, 0) is 36.6 Å². The van der Waals surface area contributed by atoms with Crippen LogP contribution >= 0.6 is 0 Å². The fourth-order valence-electron chi connectivity index (χ4n) is 3.37. The van der Waals surface area contributed by atoms with Crippen LogP contribution in [0.4, 0.5) is 21.9 Å². The third-order valence-corrected chi connectivity index (χ3v) is 4.94. The second-order valence-corrected chi connectivity index (χ2v) is 7.36. The van der Waals surface area contributed by atoms with E-state index in [4.69, 9.17) is 0 Å². The maximum Gasteiger partial charge on any atom is 0.321 e. The van der Waals surface area contributed by atoms with Gasteiger partial charge in [0, 0.05) is 57.2 Å². The SMILES string of the molecule is CN(C)c1ccc([N+](=O)[O-])cc1C(=O)NCc1cccc(NC(=O)N2CCCC2)c1. The van der Waals surface area contributed by atoms with Gasteiger partial charge < -0.3 is 20.4 Å². The van der Waals surface area contributed by atoms with E-state index in [0.29, 0.717) is 11.4 Å². The van der Waals surface area contributed by atoms with Crippen molar-refractivity contribution in [3.05, 3.63) is 63.7 Å². The molecule has 0 spiro atoms. The fourth-order valence-corrected chi connectivity index (χ4v) is 3.37. The molecule has 2 N–H and O–H groups in total. The molecule has 1 aliphatic rings. The number of rotatable bonds is 6. The van der Waals surface area contributed by atoms with Crippen molar-refractivity contribution in [2.24, 2.45) is 0 Å². The molecule has 158 valence electrons. The van der Waals surface area contributed by atoms with Crippen molar-refractivity contribution in [3.63, 3.8) is 0 Å². The average Bonchev–Trinajstić information content (AvgIpc) is 3.27. The molecule has 1 saturated heterocycles. The highest BCUT2D eigenvalue weighted by Gasteiger charge is 2.19. The monoisotopic (exact) mass is 411 g/mol. The van der Waals surface area contributed by atoms with Gasteiger partial charge in [-0.15, -0.1) is 0 Å². The van der Waals surface area contributed by atoms with Crippen LogP contribution in [-0.4, -0.2) is 48.9 Å². The Morgan fingerprint density at radius 3 is 2.53 bits per heavy atom. The maximum absolute atomic E-state index is 12.7. The lowest BCUT2D eigenvalue weighted by Gasteiger charge is -2.17. The third kappa shape index (κ3) is 5.05. The Bertz CT molecular complexity index is 954. The highest BCUT2D eigenvalue weighted by molar-refractivity contribution is 6.00. The van der Waals surface area contributed by atoms with Crippen molar-refractivity contribution in [1.29, 1.82) is 0 Å². The molecule has 1 aliphatic heterocycles. The summed E-state index contributed by atoms with van der Waals surface area (Å²) >= 11 is 0. The molecule has 0 aliphatic carbocycles. The molecule has 0 atom stereocenters. The number of amides is 3. The molecule has 9 nitrogen and oxygen atoms in total. The minimum atomic E-state index is -0.525. The van der Waals surface area contributed by atoms with E-state index in [2.05, 4.69) is 10.6 Å². The summed E-state index contributed by atoms with van der Waals surface area (Å²) in [6.07, 6.45) is 2.04. The first-order valence-electron chi connectivity index (χ1n) is 9.74. The van der Waals surface area contributed by atoms with Crippen LogP contribution in [0, 0.1) is 10.1 Å². The summed E-state index contributed by atoms with van der Waals surface area (Å²) in [7, 11) is 3.54. The van der Waals surface area contributed by atoms with Crippen LogP contribution in [0.25, 0.3) is 0 Å². The summed E-state index contributed by atoms with van der Waals surface area (Å²) in [5.74, 6) is -0.408. The normalized spacial score (nSPS) is 13.1. The zero-order valence-electron chi connectivity index (χ0n) is 17.1. The number of nitro groups is 1. The quantitative estimate of drug-likeness (QED) is 0.561. The smallest absolute Gasteiger partial charge is 0.321 e. The summed E-state index contributed by atoms with van der Waals surface area (Å²) in [6, 6.07) is 11.3. The summed E-state index contributed by atoms with van der Waals surface area (Å²) in [5.41, 5.74) is 2.14. The van der Waals surface area contributed by atoms with Crippen LogP contribution < -0.4 is 15.5 Å². The van der Waals surface area contributed by atoms with E-state index in [0.717, 1.165) is 31.5 Å². The molecular formula is C21H25N5O4. The number of benzene rings is 2. The number of non-ortho nitro benzene ring substituents is 1. The van der Waals surface area contributed by atoms with E-state index in [1.807, 2.05) is 6.07 Å². The largest absolute Gasteiger partial charge is 0.377 e. The van der Waals surface area contributed by atoms with Gasteiger partial charge in [-0.25, -0.2) is 4.79 Å². The van der Waals surface area contributed by atoms with Gasteiger partial charge in [-0.2, -0.15) is 0 Å². The maximum atomic E-state index is 12.7. The van der Waals surface area contributed by atoms with Crippen molar-refractivity contribution in [1.82, 2.24) is 10.2 Å². The van der Waals surface area contributed by atoms with Crippen LogP contribution in [-0.2, 0) is 6.54 Å².